The zero-order valence-electron chi connectivity index (χ0n) is 12.8. The van der Waals surface area contributed by atoms with Crippen LogP contribution in [0.3, 0.4) is 0 Å². The lowest BCUT2D eigenvalue weighted by Crippen LogP contribution is -2.32. The molecule has 1 heterocycles. The van der Waals surface area contributed by atoms with Crippen molar-refractivity contribution in [2.24, 2.45) is 5.73 Å². The average molecular weight is 287 g/mol. The van der Waals surface area contributed by atoms with E-state index in [1.807, 2.05) is 18.2 Å². The molecule has 0 aromatic heterocycles. The van der Waals surface area contributed by atoms with Gasteiger partial charge in [0.1, 0.15) is 5.84 Å². The highest BCUT2D eigenvalue weighted by Gasteiger charge is 2.42. The van der Waals surface area contributed by atoms with Gasteiger partial charge in [-0.3, -0.25) is 5.41 Å². The summed E-state index contributed by atoms with van der Waals surface area (Å²) in [4.78, 5) is 2.21. The molecule has 3 N–H and O–H groups in total. The zero-order valence-corrected chi connectivity index (χ0v) is 12.8. The molecule has 1 aromatic rings. The van der Waals surface area contributed by atoms with Crippen molar-refractivity contribution in [3.63, 3.8) is 0 Å². The lowest BCUT2D eigenvalue weighted by atomic mass is 9.98. The molecule has 1 unspecified atom stereocenters. The lowest BCUT2D eigenvalue weighted by molar-refractivity contribution is -0.0324. The van der Waals surface area contributed by atoms with Crippen molar-refractivity contribution in [3.8, 4) is 0 Å². The second kappa shape index (κ2) is 5.68. The second-order valence-corrected chi connectivity index (χ2v) is 6.51. The number of ether oxygens (including phenoxy) is 1. The van der Waals surface area contributed by atoms with Crippen LogP contribution in [0.2, 0.25) is 0 Å². The number of rotatable bonds is 4. The van der Waals surface area contributed by atoms with Gasteiger partial charge in [-0.15, -0.1) is 0 Å². The molecule has 4 heteroatoms. The first-order valence-electron chi connectivity index (χ1n) is 7.91. The molecule has 0 radical (unpaired) electrons. The fourth-order valence-corrected chi connectivity index (χ4v) is 3.73. The van der Waals surface area contributed by atoms with Crippen molar-refractivity contribution in [2.45, 2.75) is 50.2 Å². The first kappa shape index (κ1) is 14.4. The van der Waals surface area contributed by atoms with Gasteiger partial charge in [0.15, 0.2) is 0 Å². The number of benzene rings is 1. The molecular formula is C17H25N3O. The standard InChI is InChI=1S/C17H25N3O/c1-20(14-6-4-5-13(11-14)16(18)19)12-15-7-10-17(21-15)8-2-3-9-17/h4-6,11,15H,2-3,7-10,12H2,1H3,(H3,18,19). The van der Waals surface area contributed by atoms with Gasteiger partial charge in [0.05, 0.1) is 11.7 Å². The van der Waals surface area contributed by atoms with Crippen LogP contribution in [0.1, 0.15) is 44.1 Å². The Bertz CT molecular complexity index is 523. The molecule has 4 nitrogen and oxygen atoms in total. The topological polar surface area (TPSA) is 62.3 Å². The minimum atomic E-state index is 0.118. The molecule has 1 atom stereocenters. The van der Waals surface area contributed by atoms with E-state index in [0.29, 0.717) is 6.10 Å². The highest BCUT2D eigenvalue weighted by Crippen LogP contribution is 2.43. The normalized spacial score (nSPS) is 23.6. The van der Waals surface area contributed by atoms with Crippen LogP contribution < -0.4 is 10.6 Å². The number of nitrogens with one attached hydrogen (secondary N) is 1. The molecule has 1 saturated heterocycles. The predicted octanol–water partition coefficient (Wildman–Crippen LogP) is 2.90. The maximum absolute atomic E-state index is 7.54. The first-order chi connectivity index (χ1) is 10.1. The number of nitrogens with zero attached hydrogens (tertiary/aromatic N) is 1. The van der Waals surface area contributed by atoms with Crippen molar-refractivity contribution >= 4 is 11.5 Å². The van der Waals surface area contributed by atoms with Crippen LogP contribution in [0.15, 0.2) is 24.3 Å². The van der Waals surface area contributed by atoms with E-state index < -0.39 is 0 Å². The number of nitrogen functional groups attached to an aromatic ring is 1. The van der Waals surface area contributed by atoms with E-state index in [0.717, 1.165) is 24.2 Å². The maximum atomic E-state index is 7.54. The van der Waals surface area contributed by atoms with E-state index in [1.165, 1.54) is 32.1 Å². The smallest absolute Gasteiger partial charge is 0.122 e. The van der Waals surface area contributed by atoms with E-state index >= 15 is 0 Å². The van der Waals surface area contributed by atoms with Crippen LogP contribution in [0, 0.1) is 5.41 Å². The fraction of sp³-hybridized carbons (Fsp3) is 0.588. The fourth-order valence-electron chi connectivity index (χ4n) is 3.73. The molecule has 2 fully saturated rings. The molecule has 1 spiro atoms. The monoisotopic (exact) mass is 287 g/mol. The van der Waals surface area contributed by atoms with E-state index in [-0.39, 0.29) is 11.4 Å². The Morgan fingerprint density at radius 3 is 2.86 bits per heavy atom. The molecule has 1 saturated carbocycles. The van der Waals surface area contributed by atoms with Crippen LogP contribution in [0.5, 0.6) is 0 Å². The summed E-state index contributed by atoms with van der Waals surface area (Å²) in [7, 11) is 2.09. The Hall–Kier alpha value is -1.55. The maximum Gasteiger partial charge on any atom is 0.122 e. The van der Waals surface area contributed by atoms with Crippen LogP contribution in [-0.2, 0) is 4.74 Å². The van der Waals surface area contributed by atoms with Crippen molar-refractivity contribution in [3.05, 3.63) is 29.8 Å². The molecule has 114 valence electrons. The van der Waals surface area contributed by atoms with Crippen LogP contribution in [0.4, 0.5) is 5.69 Å². The largest absolute Gasteiger partial charge is 0.384 e. The van der Waals surface area contributed by atoms with Crippen LogP contribution in [0.25, 0.3) is 0 Å². The summed E-state index contributed by atoms with van der Waals surface area (Å²) in [6.07, 6.45) is 7.84. The summed E-state index contributed by atoms with van der Waals surface area (Å²) in [5.41, 5.74) is 7.64. The number of anilines is 1. The summed E-state index contributed by atoms with van der Waals surface area (Å²) in [5, 5.41) is 7.54. The Morgan fingerprint density at radius 1 is 1.38 bits per heavy atom. The van der Waals surface area contributed by atoms with Crippen LogP contribution >= 0.6 is 0 Å². The molecule has 0 bridgehead atoms. The number of hydrogen-bond acceptors (Lipinski definition) is 3. The van der Waals surface area contributed by atoms with Gasteiger partial charge in [0, 0.05) is 24.8 Å². The van der Waals surface area contributed by atoms with Gasteiger partial charge in [0.2, 0.25) is 0 Å². The van der Waals surface area contributed by atoms with Crippen molar-refractivity contribution in [1.82, 2.24) is 0 Å². The molecule has 3 rings (SSSR count). The van der Waals surface area contributed by atoms with E-state index in [9.17, 15) is 0 Å². The molecule has 1 aromatic carbocycles. The molecule has 21 heavy (non-hydrogen) atoms. The molecule has 0 amide bonds. The minimum Gasteiger partial charge on any atom is -0.384 e. The number of likely N-dealkylation sites (N-methyl/N-ethyl adjacent to an activating group) is 1. The number of nitrogens with two attached hydrogens (primary N) is 1. The zero-order chi connectivity index (χ0) is 14.9. The number of amidine groups is 1. The second-order valence-electron chi connectivity index (χ2n) is 6.51. The molecule has 1 aliphatic carbocycles. The van der Waals surface area contributed by atoms with E-state index in [4.69, 9.17) is 15.9 Å². The highest BCUT2D eigenvalue weighted by molar-refractivity contribution is 5.95. The van der Waals surface area contributed by atoms with E-state index in [1.54, 1.807) is 0 Å². The Labute approximate surface area is 126 Å². The summed E-state index contributed by atoms with van der Waals surface area (Å²) in [6.45, 7) is 0.906. The predicted molar refractivity (Wildman–Crippen MR) is 86.0 cm³/mol. The van der Waals surface area contributed by atoms with Gasteiger partial charge in [-0.25, -0.2) is 0 Å². The third-order valence-corrected chi connectivity index (χ3v) is 4.93. The number of hydrogen-bond donors (Lipinski definition) is 2. The van der Waals surface area contributed by atoms with Gasteiger partial charge < -0.3 is 15.4 Å². The van der Waals surface area contributed by atoms with Gasteiger partial charge in [-0.1, -0.05) is 25.0 Å². The van der Waals surface area contributed by atoms with Gasteiger partial charge in [-0.05, 0) is 37.8 Å². The third kappa shape index (κ3) is 3.05. The quantitative estimate of drug-likeness (QED) is 0.661. The van der Waals surface area contributed by atoms with Crippen LogP contribution in [-0.4, -0.2) is 31.1 Å². The molecular weight excluding hydrogens is 262 g/mol. The first-order valence-corrected chi connectivity index (χ1v) is 7.91. The summed E-state index contributed by atoms with van der Waals surface area (Å²) in [5.74, 6) is 0.118. The minimum absolute atomic E-state index is 0.118. The molecule has 2 aliphatic rings. The SMILES string of the molecule is CN(CC1CCC2(CCCC2)O1)c1cccc(C(=N)N)c1. The average Bonchev–Trinajstić information content (AvgIpc) is 3.09. The highest BCUT2D eigenvalue weighted by atomic mass is 16.5. The van der Waals surface area contributed by atoms with Gasteiger partial charge in [-0.2, -0.15) is 0 Å². The van der Waals surface area contributed by atoms with Crippen molar-refractivity contribution in [2.75, 3.05) is 18.5 Å². The molecule has 1 aliphatic heterocycles. The lowest BCUT2D eigenvalue weighted by Gasteiger charge is -2.27. The summed E-state index contributed by atoms with van der Waals surface area (Å²) >= 11 is 0. The van der Waals surface area contributed by atoms with E-state index in [2.05, 4.69) is 18.0 Å². The Morgan fingerprint density at radius 2 is 2.14 bits per heavy atom. The Kier molecular flexibility index (Phi) is 3.89. The van der Waals surface area contributed by atoms with Crippen molar-refractivity contribution < 1.29 is 4.74 Å². The van der Waals surface area contributed by atoms with Gasteiger partial charge in [0.25, 0.3) is 0 Å². The Balaban J connectivity index is 1.63. The van der Waals surface area contributed by atoms with Gasteiger partial charge >= 0.3 is 0 Å². The summed E-state index contributed by atoms with van der Waals surface area (Å²) in [6, 6.07) is 7.87. The van der Waals surface area contributed by atoms with Crippen molar-refractivity contribution in [1.29, 1.82) is 5.41 Å². The summed E-state index contributed by atoms with van der Waals surface area (Å²) < 4.78 is 6.37. The third-order valence-electron chi connectivity index (χ3n) is 4.93.